The van der Waals surface area contributed by atoms with Crippen molar-refractivity contribution in [3.8, 4) is 0 Å². The van der Waals surface area contributed by atoms with Crippen molar-refractivity contribution in [1.29, 1.82) is 0 Å². The number of ether oxygens (including phenoxy) is 1. The molecule has 6 nitrogen and oxygen atoms in total. The number of hydrazine groups is 1. The van der Waals surface area contributed by atoms with Crippen molar-refractivity contribution < 1.29 is 23.8 Å². The third-order valence-corrected chi connectivity index (χ3v) is 2.92. The number of hydrogen-bond acceptors (Lipinski definition) is 4. The lowest BCUT2D eigenvalue weighted by Gasteiger charge is -2.27. The van der Waals surface area contributed by atoms with Gasteiger partial charge in [0.2, 0.25) is 0 Å². The first kappa shape index (κ1) is 15.1. The van der Waals surface area contributed by atoms with E-state index in [0.717, 1.165) is 12.1 Å². The van der Waals surface area contributed by atoms with Crippen LogP contribution in [0.2, 0.25) is 0 Å². The van der Waals surface area contributed by atoms with Gasteiger partial charge in [-0.3, -0.25) is 10.2 Å². The summed E-state index contributed by atoms with van der Waals surface area (Å²) in [5, 5.41) is 10.2. The zero-order chi connectivity index (χ0) is 15.2. The lowest BCUT2D eigenvalue weighted by atomic mass is 10.1. The number of halogens is 1. The lowest BCUT2D eigenvalue weighted by Crippen LogP contribution is -2.48. The number of nitrogens with one attached hydrogen (secondary N) is 1. The number of rotatable bonds is 4. The van der Waals surface area contributed by atoms with Crippen molar-refractivity contribution in [2.24, 2.45) is 0 Å². The highest BCUT2D eigenvalue weighted by Crippen LogP contribution is 2.12. The van der Waals surface area contributed by atoms with Crippen LogP contribution in [0.3, 0.4) is 0 Å². The summed E-state index contributed by atoms with van der Waals surface area (Å²) in [6.45, 7) is 2.08. The fourth-order valence-electron chi connectivity index (χ4n) is 1.87. The van der Waals surface area contributed by atoms with Crippen molar-refractivity contribution in [2.45, 2.75) is 0 Å². The number of amides is 1. The number of hydrogen-bond donors (Lipinski definition) is 2. The standard InChI is InChI=1S/C14H15FN2O4/c15-12-3-1-10(2-4-13(18)19)9-11(12)14(20)16-17-5-7-21-8-6-17/h1-4,9H,5-8H2,(H,16,20)(H,18,19)/b4-2+. The minimum absolute atomic E-state index is 0.131. The van der Waals surface area contributed by atoms with Gasteiger partial charge in [0.1, 0.15) is 5.82 Å². The van der Waals surface area contributed by atoms with Gasteiger partial charge in [-0.25, -0.2) is 14.2 Å². The summed E-state index contributed by atoms with van der Waals surface area (Å²) in [6, 6.07) is 3.85. The highest BCUT2D eigenvalue weighted by atomic mass is 19.1. The molecular weight excluding hydrogens is 279 g/mol. The third-order valence-electron chi connectivity index (χ3n) is 2.92. The fraction of sp³-hybridized carbons (Fsp3) is 0.286. The Hall–Kier alpha value is -2.25. The zero-order valence-electron chi connectivity index (χ0n) is 11.2. The molecule has 112 valence electrons. The van der Waals surface area contributed by atoms with Gasteiger partial charge in [0, 0.05) is 19.2 Å². The van der Waals surface area contributed by atoms with Crippen LogP contribution < -0.4 is 5.43 Å². The minimum atomic E-state index is -1.11. The molecule has 1 aliphatic rings. The van der Waals surface area contributed by atoms with E-state index in [1.54, 1.807) is 5.01 Å². The maximum atomic E-state index is 13.7. The molecule has 2 N–H and O–H groups in total. The van der Waals surface area contributed by atoms with Crippen molar-refractivity contribution in [1.82, 2.24) is 10.4 Å². The predicted octanol–water partition coefficient (Wildman–Crippen LogP) is 0.901. The predicted molar refractivity (Wildman–Crippen MR) is 72.9 cm³/mol. The molecule has 0 aromatic heterocycles. The smallest absolute Gasteiger partial charge is 0.328 e. The highest BCUT2D eigenvalue weighted by molar-refractivity contribution is 5.95. The highest BCUT2D eigenvalue weighted by Gasteiger charge is 2.17. The van der Waals surface area contributed by atoms with Crippen LogP contribution in [0, 0.1) is 5.82 Å². The Bertz CT molecular complexity index is 568. The first-order chi connectivity index (χ1) is 10.1. The molecule has 1 amide bonds. The van der Waals surface area contributed by atoms with Crippen LogP contribution in [0.4, 0.5) is 4.39 Å². The van der Waals surface area contributed by atoms with Gasteiger partial charge in [0.05, 0.1) is 18.8 Å². The van der Waals surface area contributed by atoms with Crippen LogP contribution in [0.5, 0.6) is 0 Å². The Morgan fingerprint density at radius 3 is 2.71 bits per heavy atom. The average molecular weight is 294 g/mol. The van der Waals surface area contributed by atoms with Gasteiger partial charge < -0.3 is 9.84 Å². The molecule has 0 atom stereocenters. The van der Waals surface area contributed by atoms with Crippen molar-refractivity contribution in [3.63, 3.8) is 0 Å². The summed E-state index contributed by atoms with van der Waals surface area (Å²) in [5.74, 6) is -2.34. The van der Waals surface area contributed by atoms with Gasteiger partial charge in [-0.15, -0.1) is 0 Å². The van der Waals surface area contributed by atoms with E-state index in [2.05, 4.69) is 5.43 Å². The second kappa shape index (κ2) is 6.96. The Balaban J connectivity index is 2.11. The van der Waals surface area contributed by atoms with E-state index in [0.29, 0.717) is 31.9 Å². The molecule has 7 heteroatoms. The van der Waals surface area contributed by atoms with Crippen LogP contribution in [0.25, 0.3) is 6.08 Å². The maximum Gasteiger partial charge on any atom is 0.328 e. The van der Waals surface area contributed by atoms with Crippen LogP contribution in [0.15, 0.2) is 24.3 Å². The van der Waals surface area contributed by atoms with Crippen LogP contribution in [-0.4, -0.2) is 48.3 Å². The van der Waals surface area contributed by atoms with E-state index >= 15 is 0 Å². The van der Waals surface area contributed by atoms with Gasteiger partial charge in [0.15, 0.2) is 0 Å². The van der Waals surface area contributed by atoms with E-state index in [4.69, 9.17) is 9.84 Å². The van der Waals surface area contributed by atoms with Crippen LogP contribution >= 0.6 is 0 Å². The van der Waals surface area contributed by atoms with E-state index in [-0.39, 0.29) is 5.56 Å². The second-order valence-corrected chi connectivity index (χ2v) is 4.45. The number of carboxylic acids is 1. The second-order valence-electron chi connectivity index (χ2n) is 4.45. The molecule has 1 aliphatic heterocycles. The van der Waals surface area contributed by atoms with E-state index in [9.17, 15) is 14.0 Å². The molecule has 0 saturated carbocycles. The first-order valence-electron chi connectivity index (χ1n) is 6.40. The number of aliphatic carboxylic acids is 1. The van der Waals surface area contributed by atoms with Gasteiger partial charge >= 0.3 is 5.97 Å². The summed E-state index contributed by atoms with van der Waals surface area (Å²) < 4.78 is 18.9. The topological polar surface area (TPSA) is 78.9 Å². The van der Waals surface area contributed by atoms with Gasteiger partial charge in [-0.1, -0.05) is 6.07 Å². The molecular formula is C14H15FN2O4. The lowest BCUT2D eigenvalue weighted by molar-refractivity contribution is -0.131. The van der Waals surface area contributed by atoms with Gasteiger partial charge in [0.25, 0.3) is 5.91 Å². The molecule has 1 fully saturated rings. The van der Waals surface area contributed by atoms with E-state index in [1.165, 1.54) is 18.2 Å². The summed E-state index contributed by atoms with van der Waals surface area (Å²) in [5.41, 5.74) is 2.91. The minimum Gasteiger partial charge on any atom is -0.478 e. The average Bonchev–Trinajstić information content (AvgIpc) is 2.47. The maximum absolute atomic E-state index is 13.7. The van der Waals surface area contributed by atoms with Gasteiger partial charge in [-0.2, -0.15) is 0 Å². The number of carbonyl (C=O) groups is 2. The largest absolute Gasteiger partial charge is 0.478 e. The van der Waals surface area contributed by atoms with Gasteiger partial charge in [-0.05, 0) is 23.8 Å². The molecule has 2 rings (SSSR count). The normalized spacial score (nSPS) is 16.0. The summed E-state index contributed by atoms with van der Waals surface area (Å²) in [7, 11) is 0. The van der Waals surface area contributed by atoms with Crippen molar-refractivity contribution >= 4 is 18.0 Å². The molecule has 0 bridgehead atoms. The number of carbonyl (C=O) groups excluding carboxylic acids is 1. The number of carboxylic acid groups (broad SMARTS) is 1. The molecule has 21 heavy (non-hydrogen) atoms. The molecule has 1 aromatic rings. The Morgan fingerprint density at radius 1 is 1.33 bits per heavy atom. The van der Waals surface area contributed by atoms with E-state index in [1.807, 2.05) is 0 Å². The summed E-state index contributed by atoms with van der Waals surface area (Å²) in [4.78, 5) is 22.5. The summed E-state index contributed by atoms with van der Waals surface area (Å²) in [6.07, 6.45) is 2.23. The first-order valence-corrected chi connectivity index (χ1v) is 6.40. The number of benzene rings is 1. The Morgan fingerprint density at radius 2 is 2.05 bits per heavy atom. The third kappa shape index (κ3) is 4.37. The molecule has 0 radical (unpaired) electrons. The Labute approximate surface area is 120 Å². The quantitative estimate of drug-likeness (QED) is 0.807. The molecule has 1 aromatic carbocycles. The number of morpholine rings is 1. The van der Waals surface area contributed by atoms with Crippen LogP contribution in [-0.2, 0) is 9.53 Å². The van der Waals surface area contributed by atoms with Crippen molar-refractivity contribution in [3.05, 3.63) is 41.2 Å². The molecule has 0 unspecified atom stereocenters. The molecule has 0 aliphatic carbocycles. The summed E-state index contributed by atoms with van der Waals surface area (Å²) >= 11 is 0. The fourth-order valence-corrected chi connectivity index (χ4v) is 1.87. The molecule has 0 spiro atoms. The zero-order valence-corrected chi connectivity index (χ0v) is 11.2. The monoisotopic (exact) mass is 294 g/mol. The number of nitrogens with zero attached hydrogens (tertiary/aromatic N) is 1. The van der Waals surface area contributed by atoms with Crippen molar-refractivity contribution in [2.75, 3.05) is 26.3 Å². The SMILES string of the molecule is O=C(O)/C=C/c1ccc(F)c(C(=O)NN2CCOCC2)c1. The molecule has 1 heterocycles. The van der Waals surface area contributed by atoms with Crippen LogP contribution in [0.1, 0.15) is 15.9 Å². The van der Waals surface area contributed by atoms with E-state index < -0.39 is 17.7 Å². The Kier molecular flexibility index (Phi) is 5.02. The molecule has 1 saturated heterocycles.